The second-order valence-corrected chi connectivity index (χ2v) is 6.28. The topological polar surface area (TPSA) is 62.7 Å². The first-order valence-corrected chi connectivity index (χ1v) is 8.33. The molecule has 5 nitrogen and oxygen atoms in total. The zero-order valence-electron chi connectivity index (χ0n) is 13.2. The van der Waals surface area contributed by atoms with E-state index in [-0.39, 0.29) is 5.02 Å². The molecule has 0 saturated heterocycles. The molecule has 0 spiro atoms. The van der Waals surface area contributed by atoms with Crippen LogP contribution in [0.25, 0.3) is 11.3 Å². The van der Waals surface area contributed by atoms with E-state index in [4.69, 9.17) is 11.6 Å². The number of halogens is 2. The first-order valence-electron chi connectivity index (χ1n) is 7.95. The zero-order valence-corrected chi connectivity index (χ0v) is 14.0. The largest absolute Gasteiger partial charge is 0.351 e. The van der Waals surface area contributed by atoms with Gasteiger partial charge in [0.2, 0.25) is 5.95 Å². The Morgan fingerprint density at radius 3 is 2.72 bits per heavy atom. The molecule has 1 aromatic carbocycles. The highest BCUT2D eigenvalue weighted by molar-refractivity contribution is 6.31. The maximum absolute atomic E-state index is 13.3. The standard InChI is InChI=1S/C18H15ClFN5/c19-14-8-13(5-6-15(14)20)22-17-9-16(11-2-1-7-21-10-11)24-18(25-17)23-12-3-4-12/h1-2,5-10,12H,3-4H2,(H2,22,23,24,25). The maximum Gasteiger partial charge on any atom is 0.225 e. The van der Waals surface area contributed by atoms with E-state index in [1.165, 1.54) is 12.1 Å². The quantitative estimate of drug-likeness (QED) is 0.697. The minimum Gasteiger partial charge on any atom is -0.351 e. The Balaban J connectivity index is 1.68. The van der Waals surface area contributed by atoms with Gasteiger partial charge in [-0.15, -0.1) is 0 Å². The van der Waals surface area contributed by atoms with Gasteiger partial charge in [0.15, 0.2) is 0 Å². The summed E-state index contributed by atoms with van der Waals surface area (Å²) in [5.41, 5.74) is 2.30. The highest BCUT2D eigenvalue weighted by atomic mass is 35.5. The highest BCUT2D eigenvalue weighted by Crippen LogP contribution is 2.28. The van der Waals surface area contributed by atoms with Crippen molar-refractivity contribution in [1.29, 1.82) is 0 Å². The molecule has 0 radical (unpaired) electrons. The van der Waals surface area contributed by atoms with Crippen LogP contribution in [0.15, 0.2) is 48.8 Å². The number of anilines is 3. The lowest BCUT2D eigenvalue weighted by Gasteiger charge is -2.11. The Morgan fingerprint density at radius 2 is 2.00 bits per heavy atom. The summed E-state index contributed by atoms with van der Waals surface area (Å²) in [7, 11) is 0. The van der Waals surface area contributed by atoms with Gasteiger partial charge in [-0.05, 0) is 43.2 Å². The SMILES string of the molecule is Fc1ccc(Nc2cc(-c3cccnc3)nc(NC3CC3)n2)cc1Cl. The van der Waals surface area contributed by atoms with E-state index in [0.29, 0.717) is 23.5 Å². The van der Waals surface area contributed by atoms with E-state index >= 15 is 0 Å². The van der Waals surface area contributed by atoms with Crippen molar-refractivity contribution < 1.29 is 4.39 Å². The van der Waals surface area contributed by atoms with Crippen molar-refractivity contribution in [2.45, 2.75) is 18.9 Å². The molecule has 2 N–H and O–H groups in total. The molecule has 1 fully saturated rings. The predicted octanol–water partition coefficient (Wildman–Crippen LogP) is 4.65. The number of hydrogen-bond acceptors (Lipinski definition) is 5. The molecule has 126 valence electrons. The monoisotopic (exact) mass is 355 g/mol. The molecular weight excluding hydrogens is 341 g/mol. The van der Waals surface area contributed by atoms with Crippen molar-refractivity contribution in [2.75, 3.05) is 10.6 Å². The van der Waals surface area contributed by atoms with Crippen LogP contribution in [0.3, 0.4) is 0 Å². The van der Waals surface area contributed by atoms with E-state index in [1.807, 2.05) is 18.2 Å². The van der Waals surface area contributed by atoms with Crippen LogP contribution in [0, 0.1) is 5.82 Å². The number of pyridine rings is 1. The van der Waals surface area contributed by atoms with Crippen molar-refractivity contribution in [2.24, 2.45) is 0 Å². The average molecular weight is 356 g/mol. The molecule has 2 heterocycles. The molecule has 1 saturated carbocycles. The minimum atomic E-state index is -0.456. The molecule has 4 rings (SSSR count). The summed E-state index contributed by atoms with van der Waals surface area (Å²) in [4.78, 5) is 13.2. The van der Waals surface area contributed by atoms with Crippen LogP contribution < -0.4 is 10.6 Å². The van der Waals surface area contributed by atoms with Gasteiger partial charge in [-0.2, -0.15) is 4.98 Å². The first kappa shape index (κ1) is 15.8. The second-order valence-electron chi connectivity index (χ2n) is 5.88. The third-order valence-corrected chi connectivity index (χ3v) is 4.08. The van der Waals surface area contributed by atoms with Crippen molar-refractivity contribution in [3.05, 3.63) is 59.6 Å². The van der Waals surface area contributed by atoms with Gasteiger partial charge in [-0.1, -0.05) is 11.6 Å². The van der Waals surface area contributed by atoms with E-state index < -0.39 is 5.82 Å². The van der Waals surface area contributed by atoms with Gasteiger partial charge in [0, 0.05) is 35.8 Å². The van der Waals surface area contributed by atoms with Crippen molar-refractivity contribution in [3.8, 4) is 11.3 Å². The fraction of sp³-hybridized carbons (Fsp3) is 0.167. The molecule has 1 aliphatic carbocycles. The fourth-order valence-corrected chi connectivity index (χ4v) is 2.55. The third kappa shape index (κ3) is 3.85. The number of aromatic nitrogens is 3. The molecule has 3 aromatic rings. The molecular formula is C18H15ClFN5. The lowest BCUT2D eigenvalue weighted by molar-refractivity contribution is 0.628. The lowest BCUT2D eigenvalue weighted by atomic mass is 10.2. The van der Waals surface area contributed by atoms with Crippen molar-refractivity contribution >= 4 is 29.1 Å². The third-order valence-electron chi connectivity index (χ3n) is 3.79. The van der Waals surface area contributed by atoms with Crippen LogP contribution in [0.5, 0.6) is 0 Å². The molecule has 0 aliphatic heterocycles. The smallest absolute Gasteiger partial charge is 0.225 e. The zero-order chi connectivity index (χ0) is 17.2. The normalized spacial score (nSPS) is 13.5. The van der Waals surface area contributed by atoms with Crippen LogP contribution in [-0.4, -0.2) is 21.0 Å². The summed E-state index contributed by atoms with van der Waals surface area (Å²) < 4.78 is 13.3. The summed E-state index contributed by atoms with van der Waals surface area (Å²) in [6.45, 7) is 0. The molecule has 7 heteroatoms. The van der Waals surface area contributed by atoms with Crippen molar-refractivity contribution in [3.63, 3.8) is 0 Å². The van der Waals surface area contributed by atoms with E-state index in [1.54, 1.807) is 18.5 Å². The summed E-state index contributed by atoms with van der Waals surface area (Å²) in [6, 6.07) is 10.5. The van der Waals surface area contributed by atoms with E-state index in [2.05, 4.69) is 25.6 Å². The first-order chi connectivity index (χ1) is 12.2. The molecule has 2 aromatic heterocycles. The van der Waals surface area contributed by atoms with E-state index in [0.717, 1.165) is 24.1 Å². The fourth-order valence-electron chi connectivity index (χ4n) is 2.37. The Bertz CT molecular complexity index is 899. The average Bonchev–Trinajstić information content (AvgIpc) is 3.43. The Morgan fingerprint density at radius 1 is 1.12 bits per heavy atom. The Hall–Kier alpha value is -2.73. The molecule has 0 atom stereocenters. The molecule has 0 unspecified atom stereocenters. The van der Waals surface area contributed by atoms with Gasteiger partial charge >= 0.3 is 0 Å². The number of nitrogens with zero attached hydrogens (tertiary/aromatic N) is 3. The van der Waals surface area contributed by atoms with Gasteiger partial charge in [-0.25, -0.2) is 9.37 Å². The summed E-state index contributed by atoms with van der Waals surface area (Å²) in [5, 5.41) is 6.52. The summed E-state index contributed by atoms with van der Waals surface area (Å²) in [5.74, 6) is 0.696. The van der Waals surface area contributed by atoms with Crippen molar-refractivity contribution in [1.82, 2.24) is 15.0 Å². The highest BCUT2D eigenvalue weighted by Gasteiger charge is 2.22. The lowest BCUT2D eigenvalue weighted by Crippen LogP contribution is -2.07. The number of nitrogens with one attached hydrogen (secondary N) is 2. The van der Waals surface area contributed by atoms with E-state index in [9.17, 15) is 4.39 Å². The molecule has 1 aliphatic rings. The number of rotatable bonds is 5. The van der Waals surface area contributed by atoms with Gasteiger partial charge in [-0.3, -0.25) is 4.98 Å². The second kappa shape index (κ2) is 6.64. The Kier molecular flexibility index (Phi) is 4.19. The minimum absolute atomic E-state index is 0.0582. The van der Waals surface area contributed by atoms with Crippen LogP contribution in [0.1, 0.15) is 12.8 Å². The Labute approximate surface area is 149 Å². The van der Waals surface area contributed by atoms with Crippen LogP contribution >= 0.6 is 11.6 Å². The van der Waals surface area contributed by atoms with Crippen LogP contribution in [0.4, 0.5) is 21.8 Å². The van der Waals surface area contributed by atoms with Gasteiger partial charge < -0.3 is 10.6 Å². The maximum atomic E-state index is 13.3. The summed E-state index contributed by atoms with van der Waals surface area (Å²) >= 11 is 5.85. The predicted molar refractivity (Wildman–Crippen MR) is 96.6 cm³/mol. The molecule has 0 bridgehead atoms. The van der Waals surface area contributed by atoms with Gasteiger partial charge in [0.25, 0.3) is 0 Å². The van der Waals surface area contributed by atoms with Gasteiger partial charge in [0.05, 0.1) is 10.7 Å². The molecule has 0 amide bonds. The summed E-state index contributed by atoms with van der Waals surface area (Å²) in [6.07, 6.45) is 5.71. The number of hydrogen-bond donors (Lipinski definition) is 2. The van der Waals surface area contributed by atoms with Crippen LogP contribution in [-0.2, 0) is 0 Å². The van der Waals surface area contributed by atoms with Crippen LogP contribution in [0.2, 0.25) is 5.02 Å². The number of benzene rings is 1. The molecule has 25 heavy (non-hydrogen) atoms. The van der Waals surface area contributed by atoms with Gasteiger partial charge in [0.1, 0.15) is 11.6 Å².